The van der Waals surface area contributed by atoms with E-state index in [-0.39, 0.29) is 18.3 Å². The molecule has 98 valence electrons. The molecule has 0 fully saturated rings. The molecule has 0 saturated heterocycles. The standard InChI is InChI=1S/C14H11FINO2/c15-10-5-7-11(8-6-10)17-14(18)9-19-13-4-2-1-3-12(13)16/h1-8H,9H2,(H,17,18). The second kappa shape index (κ2) is 6.51. The van der Waals surface area contributed by atoms with Crippen molar-refractivity contribution in [2.45, 2.75) is 0 Å². The van der Waals surface area contributed by atoms with Gasteiger partial charge in [0.25, 0.3) is 5.91 Å². The van der Waals surface area contributed by atoms with Crippen LogP contribution >= 0.6 is 22.6 Å². The number of nitrogens with one attached hydrogen (secondary N) is 1. The Balaban J connectivity index is 1.88. The zero-order valence-electron chi connectivity index (χ0n) is 9.90. The van der Waals surface area contributed by atoms with Crippen molar-refractivity contribution in [2.75, 3.05) is 11.9 Å². The molecular weight excluding hydrogens is 360 g/mol. The van der Waals surface area contributed by atoms with Crippen LogP contribution in [0.25, 0.3) is 0 Å². The lowest BCUT2D eigenvalue weighted by molar-refractivity contribution is -0.118. The molecule has 1 amide bonds. The molecule has 0 unspecified atom stereocenters. The van der Waals surface area contributed by atoms with Gasteiger partial charge in [0.05, 0.1) is 3.57 Å². The fraction of sp³-hybridized carbons (Fsp3) is 0.0714. The summed E-state index contributed by atoms with van der Waals surface area (Å²) in [7, 11) is 0. The highest BCUT2D eigenvalue weighted by Gasteiger charge is 2.05. The van der Waals surface area contributed by atoms with E-state index in [1.54, 1.807) is 6.07 Å². The number of hydrogen-bond donors (Lipinski definition) is 1. The van der Waals surface area contributed by atoms with Crippen LogP contribution in [0.4, 0.5) is 10.1 Å². The summed E-state index contributed by atoms with van der Waals surface area (Å²) in [6.45, 7) is -0.0859. The number of ether oxygens (including phenoxy) is 1. The van der Waals surface area contributed by atoms with Crippen LogP contribution in [0.1, 0.15) is 0 Å². The minimum Gasteiger partial charge on any atom is -0.483 e. The predicted octanol–water partition coefficient (Wildman–Crippen LogP) is 3.45. The maximum absolute atomic E-state index is 12.7. The van der Waals surface area contributed by atoms with Crippen LogP contribution in [-0.2, 0) is 4.79 Å². The van der Waals surface area contributed by atoms with Crippen molar-refractivity contribution in [1.82, 2.24) is 0 Å². The number of hydrogen-bond acceptors (Lipinski definition) is 2. The Kier molecular flexibility index (Phi) is 4.73. The molecule has 5 heteroatoms. The van der Waals surface area contributed by atoms with Gasteiger partial charge in [-0.3, -0.25) is 4.79 Å². The van der Waals surface area contributed by atoms with Gasteiger partial charge in [-0.25, -0.2) is 4.39 Å². The van der Waals surface area contributed by atoms with Gasteiger partial charge in [-0.15, -0.1) is 0 Å². The third kappa shape index (κ3) is 4.20. The molecule has 0 saturated carbocycles. The van der Waals surface area contributed by atoms with Gasteiger partial charge in [-0.2, -0.15) is 0 Å². The van der Waals surface area contributed by atoms with Crippen LogP contribution in [0.15, 0.2) is 48.5 Å². The molecule has 0 aliphatic rings. The fourth-order valence-electron chi connectivity index (χ4n) is 1.44. The topological polar surface area (TPSA) is 38.3 Å². The van der Waals surface area contributed by atoms with E-state index in [0.717, 1.165) is 3.57 Å². The van der Waals surface area contributed by atoms with Gasteiger partial charge in [0, 0.05) is 5.69 Å². The number of halogens is 2. The van der Waals surface area contributed by atoms with Crippen molar-refractivity contribution in [3.05, 3.63) is 57.9 Å². The van der Waals surface area contributed by atoms with Crippen LogP contribution in [-0.4, -0.2) is 12.5 Å². The molecule has 1 N–H and O–H groups in total. The lowest BCUT2D eigenvalue weighted by Crippen LogP contribution is -2.20. The van der Waals surface area contributed by atoms with E-state index in [2.05, 4.69) is 27.9 Å². The van der Waals surface area contributed by atoms with E-state index >= 15 is 0 Å². The lowest BCUT2D eigenvalue weighted by Gasteiger charge is -2.08. The molecule has 2 aromatic rings. The minimum atomic E-state index is -0.340. The van der Waals surface area contributed by atoms with Crippen LogP contribution in [0.3, 0.4) is 0 Å². The number of rotatable bonds is 4. The predicted molar refractivity (Wildman–Crippen MR) is 79.7 cm³/mol. The molecular formula is C14H11FINO2. The Bertz CT molecular complexity index is 572. The van der Waals surface area contributed by atoms with Gasteiger partial charge in [-0.1, -0.05) is 12.1 Å². The first-order chi connectivity index (χ1) is 9.15. The first-order valence-electron chi connectivity index (χ1n) is 5.58. The lowest BCUT2D eigenvalue weighted by atomic mass is 10.3. The Morgan fingerprint density at radius 2 is 1.84 bits per heavy atom. The van der Waals surface area contributed by atoms with Crippen molar-refractivity contribution in [2.24, 2.45) is 0 Å². The van der Waals surface area contributed by atoms with E-state index in [1.165, 1.54) is 24.3 Å². The summed E-state index contributed by atoms with van der Waals surface area (Å²) in [6, 6.07) is 13.0. The third-order valence-electron chi connectivity index (χ3n) is 2.32. The number of carbonyl (C=O) groups is 1. The molecule has 0 heterocycles. The molecule has 2 aromatic carbocycles. The second-order valence-corrected chi connectivity index (χ2v) is 4.94. The molecule has 0 bridgehead atoms. The monoisotopic (exact) mass is 371 g/mol. The zero-order chi connectivity index (χ0) is 13.7. The molecule has 0 radical (unpaired) electrons. The van der Waals surface area contributed by atoms with Crippen molar-refractivity contribution in [3.8, 4) is 5.75 Å². The molecule has 0 aliphatic heterocycles. The first-order valence-corrected chi connectivity index (χ1v) is 6.66. The Morgan fingerprint density at radius 3 is 2.53 bits per heavy atom. The van der Waals surface area contributed by atoms with Crippen LogP contribution in [0.5, 0.6) is 5.75 Å². The van der Waals surface area contributed by atoms with Crippen molar-refractivity contribution in [1.29, 1.82) is 0 Å². The van der Waals surface area contributed by atoms with Crippen molar-refractivity contribution in [3.63, 3.8) is 0 Å². The first kappa shape index (κ1) is 13.8. The average molecular weight is 371 g/mol. The van der Waals surface area contributed by atoms with E-state index < -0.39 is 0 Å². The Morgan fingerprint density at radius 1 is 1.16 bits per heavy atom. The largest absolute Gasteiger partial charge is 0.483 e. The van der Waals surface area contributed by atoms with E-state index in [1.807, 2.05) is 18.2 Å². The smallest absolute Gasteiger partial charge is 0.262 e. The normalized spacial score (nSPS) is 10.0. The number of carbonyl (C=O) groups excluding carboxylic acids is 1. The summed E-state index contributed by atoms with van der Waals surface area (Å²) in [5.74, 6) is 0.0386. The molecule has 0 aliphatic carbocycles. The molecule has 0 atom stereocenters. The molecule has 3 nitrogen and oxygen atoms in total. The van der Waals surface area contributed by atoms with Gasteiger partial charge in [0.2, 0.25) is 0 Å². The number of para-hydroxylation sites is 1. The summed E-state index contributed by atoms with van der Waals surface area (Å²) >= 11 is 2.14. The SMILES string of the molecule is O=C(COc1ccccc1I)Nc1ccc(F)cc1. The molecule has 19 heavy (non-hydrogen) atoms. The average Bonchev–Trinajstić information content (AvgIpc) is 2.40. The highest BCUT2D eigenvalue weighted by molar-refractivity contribution is 14.1. The van der Waals surface area contributed by atoms with Gasteiger partial charge < -0.3 is 10.1 Å². The maximum Gasteiger partial charge on any atom is 0.262 e. The van der Waals surface area contributed by atoms with E-state index in [4.69, 9.17) is 4.74 Å². The summed E-state index contributed by atoms with van der Waals surface area (Å²) in [5.41, 5.74) is 0.540. The van der Waals surface area contributed by atoms with E-state index in [0.29, 0.717) is 11.4 Å². The van der Waals surface area contributed by atoms with Crippen LogP contribution in [0.2, 0.25) is 0 Å². The summed E-state index contributed by atoms with van der Waals surface area (Å²) in [6.07, 6.45) is 0. The third-order valence-corrected chi connectivity index (χ3v) is 3.21. The Hall–Kier alpha value is -1.63. The maximum atomic E-state index is 12.7. The summed E-state index contributed by atoms with van der Waals surface area (Å²) < 4.78 is 19.0. The summed E-state index contributed by atoms with van der Waals surface area (Å²) in [5, 5.41) is 2.63. The summed E-state index contributed by atoms with van der Waals surface area (Å²) in [4.78, 5) is 11.6. The van der Waals surface area contributed by atoms with Gasteiger partial charge in [0.15, 0.2) is 6.61 Å². The minimum absolute atomic E-state index is 0.0859. The highest BCUT2D eigenvalue weighted by Crippen LogP contribution is 2.19. The van der Waals surface area contributed by atoms with Gasteiger partial charge in [0.1, 0.15) is 11.6 Å². The van der Waals surface area contributed by atoms with Crippen molar-refractivity contribution < 1.29 is 13.9 Å². The molecule has 0 aromatic heterocycles. The fourth-order valence-corrected chi connectivity index (χ4v) is 1.98. The zero-order valence-corrected chi connectivity index (χ0v) is 12.1. The molecule has 0 spiro atoms. The van der Waals surface area contributed by atoms with Gasteiger partial charge in [-0.05, 0) is 59.0 Å². The van der Waals surface area contributed by atoms with E-state index in [9.17, 15) is 9.18 Å². The van der Waals surface area contributed by atoms with Crippen LogP contribution < -0.4 is 10.1 Å². The number of benzene rings is 2. The highest BCUT2D eigenvalue weighted by atomic mass is 127. The number of amides is 1. The van der Waals surface area contributed by atoms with Gasteiger partial charge >= 0.3 is 0 Å². The van der Waals surface area contributed by atoms with Crippen molar-refractivity contribution >= 4 is 34.2 Å². The number of anilines is 1. The second-order valence-electron chi connectivity index (χ2n) is 3.77. The Labute approximate surface area is 123 Å². The quantitative estimate of drug-likeness (QED) is 0.837. The van der Waals surface area contributed by atoms with Crippen LogP contribution in [0, 0.1) is 9.39 Å². The molecule has 2 rings (SSSR count).